The van der Waals surface area contributed by atoms with Crippen molar-refractivity contribution in [2.75, 3.05) is 13.2 Å². The number of hydrogen-bond acceptors (Lipinski definition) is 4. The van der Waals surface area contributed by atoms with Crippen molar-refractivity contribution in [1.29, 1.82) is 0 Å². The molecule has 2 heterocycles. The van der Waals surface area contributed by atoms with Crippen LogP contribution in [0.25, 0.3) is 0 Å². The van der Waals surface area contributed by atoms with Crippen LogP contribution in [0.5, 0.6) is 0 Å². The monoisotopic (exact) mass is 186 g/mol. The van der Waals surface area contributed by atoms with Crippen LogP contribution in [0.4, 0.5) is 0 Å². The fraction of sp³-hybridized carbons (Fsp3) is 1.00. The van der Waals surface area contributed by atoms with Gasteiger partial charge in [-0.05, 0) is 20.3 Å². The van der Waals surface area contributed by atoms with Crippen molar-refractivity contribution in [3.63, 3.8) is 0 Å². The maximum atomic E-state index is 5.41. The summed E-state index contributed by atoms with van der Waals surface area (Å²) in [6.07, 6.45) is 1.52. The van der Waals surface area contributed by atoms with Crippen LogP contribution in [-0.2, 0) is 9.47 Å². The number of hydrogen-bond donors (Lipinski definition) is 2. The van der Waals surface area contributed by atoms with E-state index in [1.807, 2.05) is 0 Å². The van der Waals surface area contributed by atoms with Crippen LogP contribution in [0.15, 0.2) is 0 Å². The Hall–Kier alpha value is -0.160. The second-order valence-electron chi connectivity index (χ2n) is 4.03. The molecule has 4 heteroatoms. The highest BCUT2D eigenvalue weighted by atomic mass is 16.6. The van der Waals surface area contributed by atoms with Crippen molar-refractivity contribution in [3.8, 4) is 0 Å². The van der Waals surface area contributed by atoms with Gasteiger partial charge in [-0.25, -0.2) is 0 Å². The summed E-state index contributed by atoms with van der Waals surface area (Å²) in [4.78, 5) is 0. The first kappa shape index (κ1) is 9.40. The topological polar surface area (TPSA) is 45.8 Å². The summed E-state index contributed by atoms with van der Waals surface area (Å²) in [7, 11) is 0. The molecule has 2 rings (SSSR count). The minimum absolute atomic E-state index is 0.203. The van der Waals surface area contributed by atoms with E-state index >= 15 is 0 Å². The van der Waals surface area contributed by atoms with E-state index in [2.05, 4.69) is 24.5 Å². The van der Waals surface area contributed by atoms with E-state index in [0.717, 1.165) is 19.6 Å². The summed E-state index contributed by atoms with van der Waals surface area (Å²) in [6, 6.07) is 0.973. The molecule has 2 N–H and O–H groups in total. The Bertz CT molecular complexity index is 169. The SMILES string of the molecule is CC(C)NC1O[C@@H]1NC1CCOC1. The summed E-state index contributed by atoms with van der Waals surface area (Å²) in [5.41, 5.74) is 0. The zero-order valence-electron chi connectivity index (χ0n) is 8.25. The van der Waals surface area contributed by atoms with E-state index in [9.17, 15) is 0 Å². The molecule has 2 fully saturated rings. The van der Waals surface area contributed by atoms with Gasteiger partial charge in [-0.2, -0.15) is 0 Å². The van der Waals surface area contributed by atoms with Gasteiger partial charge < -0.3 is 9.47 Å². The van der Waals surface area contributed by atoms with Gasteiger partial charge in [0, 0.05) is 18.7 Å². The minimum Gasteiger partial charge on any atom is -0.380 e. The van der Waals surface area contributed by atoms with E-state index in [-0.39, 0.29) is 12.5 Å². The molecule has 76 valence electrons. The molecule has 3 atom stereocenters. The summed E-state index contributed by atoms with van der Waals surface area (Å²) in [6.45, 7) is 5.95. The Kier molecular flexibility index (Phi) is 2.83. The normalized spacial score (nSPS) is 38.5. The van der Waals surface area contributed by atoms with Crippen LogP contribution in [-0.4, -0.2) is 37.8 Å². The van der Waals surface area contributed by atoms with Crippen LogP contribution in [0.1, 0.15) is 20.3 Å². The van der Waals surface area contributed by atoms with Crippen LogP contribution in [0, 0.1) is 0 Å². The van der Waals surface area contributed by atoms with Gasteiger partial charge in [-0.15, -0.1) is 0 Å². The molecule has 4 nitrogen and oxygen atoms in total. The molecule has 2 unspecified atom stereocenters. The fourth-order valence-electron chi connectivity index (χ4n) is 1.59. The van der Waals surface area contributed by atoms with Crippen LogP contribution in [0.3, 0.4) is 0 Å². The number of nitrogens with one attached hydrogen (secondary N) is 2. The zero-order valence-corrected chi connectivity index (χ0v) is 8.25. The smallest absolute Gasteiger partial charge is 0.150 e. The molecule has 13 heavy (non-hydrogen) atoms. The summed E-state index contributed by atoms with van der Waals surface area (Å²) in [5, 5.41) is 6.71. The highest BCUT2D eigenvalue weighted by Crippen LogP contribution is 2.19. The molecule has 0 bridgehead atoms. The maximum absolute atomic E-state index is 5.41. The first-order valence-corrected chi connectivity index (χ1v) is 5.01. The van der Waals surface area contributed by atoms with Gasteiger partial charge in [0.25, 0.3) is 0 Å². The number of rotatable bonds is 4. The van der Waals surface area contributed by atoms with Gasteiger partial charge in [-0.3, -0.25) is 10.6 Å². The van der Waals surface area contributed by atoms with Gasteiger partial charge in [0.2, 0.25) is 0 Å². The summed E-state index contributed by atoms with van der Waals surface area (Å²) in [5.74, 6) is 0. The predicted molar refractivity (Wildman–Crippen MR) is 49.3 cm³/mol. The maximum Gasteiger partial charge on any atom is 0.150 e. The van der Waals surface area contributed by atoms with Crippen molar-refractivity contribution in [1.82, 2.24) is 10.6 Å². The first-order valence-electron chi connectivity index (χ1n) is 5.01. The Morgan fingerprint density at radius 2 is 2.15 bits per heavy atom. The van der Waals surface area contributed by atoms with Crippen LogP contribution in [0.2, 0.25) is 0 Å². The Morgan fingerprint density at radius 3 is 2.77 bits per heavy atom. The molecule has 0 aromatic rings. The lowest BCUT2D eigenvalue weighted by Crippen LogP contribution is -2.37. The molecule has 2 aliphatic rings. The molecule has 0 aromatic carbocycles. The minimum atomic E-state index is 0.203. The Balaban J connectivity index is 1.62. The molecule has 0 aliphatic carbocycles. The van der Waals surface area contributed by atoms with E-state index in [4.69, 9.17) is 9.47 Å². The van der Waals surface area contributed by atoms with Gasteiger partial charge in [0.15, 0.2) is 12.5 Å². The molecule has 0 saturated carbocycles. The van der Waals surface area contributed by atoms with E-state index in [1.54, 1.807) is 0 Å². The fourth-order valence-corrected chi connectivity index (χ4v) is 1.59. The van der Waals surface area contributed by atoms with Gasteiger partial charge in [-0.1, -0.05) is 0 Å². The largest absolute Gasteiger partial charge is 0.380 e. The predicted octanol–water partition coefficient (Wildman–Crippen LogP) is 0.0453. The molecule has 0 radical (unpaired) electrons. The third-order valence-electron chi connectivity index (χ3n) is 2.32. The average Bonchev–Trinajstić information content (AvgIpc) is 2.61. The Labute approximate surface area is 79.0 Å². The van der Waals surface area contributed by atoms with Crippen molar-refractivity contribution in [3.05, 3.63) is 0 Å². The van der Waals surface area contributed by atoms with Crippen molar-refractivity contribution in [2.45, 2.75) is 44.8 Å². The standard InChI is InChI=1S/C9H18N2O2/c1-6(2)10-8-9(13-8)11-7-3-4-12-5-7/h6-11H,3-5H2,1-2H3/t7?,8?,9-/m0/s1. The third kappa shape index (κ3) is 2.64. The highest BCUT2D eigenvalue weighted by molar-refractivity contribution is 4.85. The van der Waals surface area contributed by atoms with E-state index in [0.29, 0.717) is 12.1 Å². The van der Waals surface area contributed by atoms with Crippen molar-refractivity contribution in [2.24, 2.45) is 0 Å². The number of epoxide rings is 1. The molecular formula is C9H18N2O2. The van der Waals surface area contributed by atoms with Crippen molar-refractivity contribution >= 4 is 0 Å². The lowest BCUT2D eigenvalue weighted by molar-refractivity contribution is 0.187. The van der Waals surface area contributed by atoms with Crippen molar-refractivity contribution < 1.29 is 9.47 Å². The van der Waals surface area contributed by atoms with Gasteiger partial charge in [0.05, 0.1) is 6.61 Å². The van der Waals surface area contributed by atoms with Crippen LogP contribution < -0.4 is 10.6 Å². The second-order valence-corrected chi connectivity index (χ2v) is 4.03. The van der Waals surface area contributed by atoms with Gasteiger partial charge >= 0.3 is 0 Å². The number of ether oxygens (including phenoxy) is 2. The molecule has 2 aliphatic heterocycles. The third-order valence-corrected chi connectivity index (χ3v) is 2.32. The molecule has 0 aromatic heterocycles. The average molecular weight is 186 g/mol. The zero-order chi connectivity index (χ0) is 9.26. The van der Waals surface area contributed by atoms with E-state index in [1.165, 1.54) is 0 Å². The molecular weight excluding hydrogens is 168 g/mol. The van der Waals surface area contributed by atoms with Crippen LogP contribution >= 0.6 is 0 Å². The van der Waals surface area contributed by atoms with Gasteiger partial charge in [0.1, 0.15) is 0 Å². The lowest BCUT2D eigenvalue weighted by atomic mass is 10.2. The quantitative estimate of drug-likeness (QED) is 0.609. The second kappa shape index (κ2) is 3.92. The lowest BCUT2D eigenvalue weighted by Gasteiger charge is -2.08. The summed E-state index contributed by atoms with van der Waals surface area (Å²) >= 11 is 0. The van der Waals surface area contributed by atoms with E-state index < -0.39 is 0 Å². The molecule has 0 spiro atoms. The first-order chi connectivity index (χ1) is 6.25. The molecule has 0 amide bonds. The summed E-state index contributed by atoms with van der Waals surface area (Å²) < 4.78 is 10.7. The Morgan fingerprint density at radius 1 is 1.31 bits per heavy atom. The molecule has 2 saturated heterocycles. The highest BCUT2D eigenvalue weighted by Gasteiger charge is 2.40.